The summed E-state index contributed by atoms with van der Waals surface area (Å²) in [7, 11) is 1.84. The van der Waals surface area contributed by atoms with Crippen molar-refractivity contribution in [1.29, 1.82) is 0 Å². The van der Waals surface area contributed by atoms with Crippen molar-refractivity contribution in [1.82, 2.24) is 9.88 Å². The molecule has 2 N–H and O–H groups in total. The van der Waals surface area contributed by atoms with E-state index < -0.39 is 5.97 Å². The fourth-order valence-corrected chi connectivity index (χ4v) is 2.86. The summed E-state index contributed by atoms with van der Waals surface area (Å²) in [6, 6.07) is 12.9. The van der Waals surface area contributed by atoms with Gasteiger partial charge in [-0.1, -0.05) is 18.2 Å². The lowest BCUT2D eigenvalue weighted by atomic mass is 10.1. The molecule has 24 heavy (non-hydrogen) atoms. The molecule has 1 aromatic carbocycles. The number of carboxylic acid groups (broad SMARTS) is 1. The van der Waals surface area contributed by atoms with Gasteiger partial charge in [0.05, 0.1) is 17.9 Å². The number of rotatable bonds is 5. The first kappa shape index (κ1) is 16.4. The van der Waals surface area contributed by atoms with Crippen LogP contribution < -0.4 is 5.32 Å². The number of nitrogens with one attached hydrogen (secondary N) is 1. The molecule has 1 atom stereocenters. The summed E-state index contributed by atoms with van der Waals surface area (Å²) in [5.41, 5.74) is 2.22. The number of hydrogen-bond acceptors (Lipinski definition) is 5. The van der Waals surface area contributed by atoms with Gasteiger partial charge < -0.3 is 15.2 Å². The van der Waals surface area contributed by atoms with E-state index in [2.05, 4.69) is 15.2 Å². The van der Waals surface area contributed by atoms with Crippen molar-refractivity contribution in [3.05, 3.63) is 59.3 Å². The second-order valence-electron chi connectivity index (χ2n) is 5.80. The Balaban J connectivity index is 1.69. The van der Waals surface area contributed by atoms with Crippen LogP contribution in [0.15, 0.2) is 42.5 Å². The normalized spacial score (nSPS) is 18.3. The van der Waals surface area contributed by atoms with Gasteiger partial charge in [-0.15, -0.1) is 0 Å². The van der Waals surface area contributed by atoms with E-state index in [9.17, 15) is 4.79 Å². The van der Waals surface area contributed by atoms with E-state index in [1.807, 2.05) is 31.3 Å². The highest BCUT2D eigenvalue weighted by molar-refractivity contribution is 5.87. The van der Waals surface area contributed by atoms with Crippen LogP contribution in [0.25, 0.3) is 0 Å². The number of benzene rings is 1. The van der Waals surface area contributed by atoms with E-state index in [1.54, 1.807) is 18.2 Å². The van der Waals surface area contributed by atoms with E-state index in [0.717, 1.165) is 30.2 Å². The third kappa shape index (κ3) is 3.90. The second-order valence-corrected chi connectivity index (χ2v) is 5.80. The summed E-state index contributed by atoms with van der Waals surface area (Å²) in [4.78, 5) is 17.9. The molecule has 3 rings (SSSR count). The minimum atomic E-state index is -0.898. The zero-order valence-corrected chi connectivity index (χ0v) is 13.6. The Bertz CT molecular complexity index is 720. The molecular weight excluding hydrogens is 306 g/mol. The summed E-state index contributed by atoms with van der Waals surface area (Å²) in [5.74, 6) is -0.0767. The van der Waals surface area contributed by atoms with Crippen LogP contribution in [0.1, 0.15) is 27.7 Å². The van der Waals surface area contributed by atoms with E-state index in [-0.39, 0.29) is 6.10 Å². The molecule has 1 fully saturated rings. The minimum Gasteiger partial charge on any atom is -0.478 e. The van der Waals surface area contributed by atoms with Crippen molar-refractivity contribution in [3.63, 3.8) is 0 Å². The first-order valence-electron chi connectivity index (χ1n) is 7.96. The van der Waals surface area contributed by atoms with Crippen LogP contribution in [0.4, 0.5) is 5.82 Å². The molecule has 1 aromatic heterocycles. The Kier molecular flexibility index (Phi) is 5.08. The zero-order chi connectivity index (χ0) is 16.9. The van der Waals surface area contributed by atoms with Crippen LogP contribution in [0.2, 0.25) is 0 Å². The number of carbonyl (C=O) groups is 1. The predicted molar refractivity (Wildman–Crippen MR) is 91.2 cm³/mol. The SMILES string of the molecule is CNc1cccc([C@H]2CN(Cc3cccc(C(=O)O)c3)CCO2)n1. The highest BCUT2D eigenvalue weighted by atomic mass is 16.5. The topological polar surface area (TPSA) is 74.7 Å². The Morgan fingerprint density at radius 1 is 1.38 bits per heavy atom. The smallest absolute Gasteiger partial charge is 0.335 e. The third-order valence-electron chi connectivity index (χ3n) is 4.09. The molecule has 0 bridgehead atoms. The molecule has 6 heteroatoms. The van der Waals surface area contributed by atoms with Crippen molar-refractivity contribution in [3.8, 4) is 0 Å². The molecule has 1 aliphatic heterocycles. The van der Waals surface area contributed by atoms with Gasteiger partial charge in [0.15, 0.2) is 0 Å². The predicted octanol–water partition coefficient (Wildman–Crippen LogP) is 2.40. The number of ether oxygens (including phenoxy) is 1. The number of anilines is 1. The number of carboxylic acids is 1. The maximum absolute atomic E-state index is 11.1. The lowest BCUT2D eigenvalue weighted by Crippen LogP contribution is -2.38. The largest absolute Gasteiger partial charge is 0.478 e. The fraction of sp³-hybridized carbons (Fsp3) is 0.333. The molecule has 1 aliphatic rings. The monoisotopic (exact) mass is 327 g/mol. The maximum atomic E-state index is 11.1. The first-order chi connectivity index (χ1) is 11.7. The van der Waals surface area contributed by atoms with Gasteiger partial charge in [-0.05, 0) is 29.8 Å². The van der Waals surface area contributed by atoms with Crippen molar-refractivity contribution in [2.45, 2.75) is 12.6 Å². The zero-order valence-electron chi connectivity index (χ0n) is 13.6. The summed E-state index contributed by atoms with van der Waals surface area (Å²) >= 11 is 0. The summed E-state index contributed by atoms with van der Waals surface area (Å²) in [6.07, 6.45) is -0.0743. The van der Waals surface area contributed by atoms with Gasteiger partial charge in [0.25, 0.3) is 0 Å². The standard InChI is InChI=1S/C18H21N3O3/c1-19-17-7-3-6-15(20-17)16-12-21(8-9-24-16)11-13-4-2-5-14(10-13)18(22)23/h2-7,10,16H,8-9,11-12H2,1H3,(H,19,20)(H,22,23)/t16-/m1/s1. The molecule has 2 aromatic rings. The summed E-state index contributed by atoms with van der Waals surface area (Å²) in [5, 5.41) is 12.1. The molecule has 6 nitrogen and oxygen atoms in total. The lowest BCUT2D eigenvalue weighted by molar-refractivity contribution is -0.0349. The molecule has 1 saturated heterocycles. The molecule has 0 aliphatic carbocycles. The highest BCUT2D eigenvalue weighted by Crippen LogP contribution is 2.23. The first-order valence-corrected chi connectivity index (χ1v) is 7.96. The number of pyridine rings is 1. The van der Waals surface area contributed by atoms with Gasteiger partial charge in [-0.25, -0.2) is 9.78 Å². The van der Waals surface area contributed by atoms with Gasteiger partial charge in [0.1, 0.15) is 11.9 Å². The molecule has 0 amide bonds. The average Bonchev–Trinajstić information content (AvgIpc) is 2.62. The fourth-order valence-electron chi connectivity index (χ4n) is 2.86. The molecule has 0 radical (unpaired) electrons. The van der Waals surface area contributed by atoms with Crippen LogP contribution in [0, 0.1) is 0 Å². The molecule has 2 heterocycles. The maximum Gasteiger partial charge on any atom is 0.335 e. The van der Waals surface area contributed by atoms with Crippen molar-refractivity contribution in [2.75, 3.05) is 32.1 Å². The van der Waals surface area contributed by atoms with Gasteiger partial charge >= 0.3 is 5.97 Å². The number of hydrogen-bond donors (Lipinski definition) is 2. The molecule has 0 spiro atoms. The molecular formula is C18H21N3O3. The third-order valence-corrected chi connectivity index (χ3v) is 4.09. The van der Waals surface area contributed by atoms with Crippen LogP contribution in [0.5, 0.6) is 0 Å². The van der Waals surface area contributed by atoms with E-state index in [4.69, 9.17) is 9.84 Å². The number of aromatic nitrogens is 1. The van der Waals surface area contributed by atoms with Crippen LogP contribution in [-0.2, 0) is 11.3 Å². The van der Waals surface area contributed by atoms with Crippen molar-refractivity contribution in [2.24, 2.45) is 0 Å². The number of morpholine rings is 1. The van der Waals surface area contributed by atoms with E-state index in [0.29, 0.717) is 18.7 Å². The Hall–Kier alpha value is -2.44. The van der Waals surface area contributed by atoms with Crippen molar-refractivity contribution < 1.29 is 14.6 Å². The van der Waals surface area contributed by atoms with Gasteiger partial charge in [-0.3, -0.25) is 4.90 Å². The van der Waals surface area contributed by atoms with Crippen LogP contribution in [-0.4, -0.2) is 47.7 Å². The van der Waals surface area contributed by atoms with Crippen LogP contribution in [0.3, 0.4) is 0 Å². The van der Waals surface area contributed by atoms with E-state index in [1.165, 1.54) is 0 Å². The highest BCUT2D eigenvalue weighted by Gasteiger charge is 2.23. The molecule has 126 valence electrons. The average molecular weight is 327 g/mol. The Morgan fingerprint density at radius 3 is 3.00 bits per heavy atom. The Labute approximate surface area is 141 Å². The molecule has 0 saturated carbocycles. The van der Waals surface area contributed by atoms with Gasteiger partial charge in [0, 0.05) is 26.7 Å². The second kappa shape index (κ2) is 7.42. The number of aromatic carboxylic acids is 1. The summed E-state index contributed by atoms with van der Waals surface area (Å²) in [6.45, 7) is 2.89. The van der Waals surface area contributed by atoms with Crippen LogP contribution >= 0.6 is 0 Å². The quantitative estimate of drug-likeness (QED) is 0.878. The lowest BCUT2D eigenvalue weighted by Gasteiger charge is -2.32. The van der Waals surface area contributed by atoms with Gasteiger partial charge in [-0.2, -0.15) is 0 Å². The van der Waals surface area contributed by atoms with E-state index >= 15 is 0 Å². The molecule has 0 unspecified atom stereocenters. The summed E-state index contributed by atoms with van der Waals surface area (Å²) < 4.78 is 5.87. The van der Waals surface area contributed by atoms with Gasteiger partial charge in [0.2, 0.25) is 0 Å². The van der Waals surface area contributed by atoms with Crippen molar-refractivity contribution >= 4 is 11.8 Å². The number of nitrogens with zero attached hydrogens (tertiary/aromatic N) is 2. The Morgan fingerprint density at radius 2 is 2.21 bits per heavy atom. The minimum absolute atomic E-state index is 0.0743.